The molecule has 0 aliphatic rings. The fourth-order valence-corrected chi connectivity index (χ4v) is 7.09. The molecule has 12 heteroatoms. The van der Waals surface area contributed by atoms with Crippen LogP contribution in [0, 0.1) is 0 Å². The van der Waals surface area contributed by atoms with Crippen LogP contribution in [-0.4, -0.2) is 68.6 Å². The predicted molar refractivity (Wildman–Crippen MR) is 227 cm³/mol. The third kappa shape index (κ3) is 12.1. The Labute approximate surface area is 326 Å². The first-order chi connectivity index (χ1) is 25.0. The van der Waals surface area contributed by atoms with Crippen molar-refractivity contribution in [3.63, 3.8) is 0 Å². The van der Waals surface area contributed by atoms with Crippen molar-refractivity contribution < 1.29 is 18.4 Å². The van der Waals surface area contributed by atoms with Gasteiger partial charge in [0.1, 0.15) is 17.3 Å². The summed E-state index contributed by atoms with van der Waals surface area (Å²) in [5.41, 5.74) is 3.33. The van der Waals surface area contributed by atoms with Gasteiger partial charge in [-0.25, -0.2) is 9.48 Å². The number of hydrogen-bond donors (Lipinski definition) is 2. The van der Waals surface area contributed by atoms with Gasteiger partial charge in [-0.2, -0.15) is 5.10 Å². The monoisotopic (exact) mass is 772 g/mol. The molecule has 0 aliphatic carbocycles. The van der Waals surface area contributed by atoms with Gasteiger partial charge in [0.2, 0.25) is 0 Å². The summed E-state index contributed by atoms with van der Waals surface area (Å²) in [6.07, 6.45) is 3.35. The molecule has 0 unspecified atom stereocenters. The maximum absolute atomic E-state index is 13.3. The van der Waals surface area contributed by atoms with E-state index < -0.39 is 16.6 Å². The van der Waals surface area contributed by atoms with E-state index in [0.29, 0.717) is 36.2 Å². The third-order valence-corrected chi connectivity index (χ3v) is 19.7. The van der Waals surface area contributed by atoms with E-state index in [1.54, 1.807) is 41.3 Å². The molecule has 2 N–H and O–H groups in total. The van der Waals surface area contributed by atoms with Gasteiger partial charge in [0.15, 0.2) is 16.6 Å². The molecule has 0 bridgehead atoms. The lowest BCUT2D eigenvalue weighted by Gasteiger charge is -2.38. The number of carbonyl (C=O) groups is 1. The molecule has 0 spiro atoms. The van der Waals surface area contributed by atoms with Gasteiger partial charge in [0.05, 0.1) is 11.4 Å². The largest absolute Gasteiger partial charge is 0.457 e. The standard InChI is InChI=1S/C42H64N6O4Si2/c1-40(2,3)37-30-38(45-39(49)44-33-16-20-35(21-17-33)52-36-22-24-43-25-23-36)48(46-37)34-18-14-32(15-19-34)31-47(26-28-50-53(10,11)41(4,5)6)27-29-51-54(12,13)42(7,8)9/h14-25,30H,26-29,31H2,1-13H3,(H2,44,45,49). The molecule has 0 radical (unpaired) electrons. The first-order valence-corrected chi connectivity index (χ1v) is 24.8. The van der Waals surface area contributed by atoms with E-state index in [-0.39, 0.29) is 21.5 Å². The van der Waals surface area contributed by atoms with Crippen molar-refractivity contribution in [2.45, 2.75) is 111 Å². The molecule has 294 valence electrons. The summed E-state index contributed by atoms with van der Waals surface area (Å²) < 4.78 is 20.8. The summed E-state index contributed by atoms with van der Waals surface area (Å²) in [5.74, 6) is 1.93. The lowest BCUT2D eigenvalue weighted by molar-refractivity contribution is 0.160. The van der Waals surface area contributed by atoms with E-state index in [0.717, 1.165) is 31.0 Å². The Hall–Kier alpha value is -3.82. The van der Waals surface area contributed by atoms with Crippen molar-refractivity contribution in [2.24, 2.45) is 0 Å². The minimum atomic E-state index is -1.86. The van der Waals surface area contributed by atoms with Gasteiger partial charge in [-0.3, -0.25) is 15.2 Å². The van der Waals surface area contributed by atoms with Crippen LogP contribution in [-0.2, 0) is 20.8 Å². The molecule has 0 saturated carbocycles. The quantitative estimate of drug-likeness (QED) is 0.116. The zero-order valence-corrected chi connectivity index (χ0v) is 37.0. The smallest absolute Gasteiger partial charge is 0.324 e. The molecule has 0 saturated heterocycles. The maximum atomic E-state index is 13.3. The van der Waals surface area contributed by atoms with Gasteiger partial charge in [-0.05, 0) is 90.4 Å². The normalized spacial score (nSPS) is 12.9. The van der Waals surface area contributed by atoms with Crippen molar-refractivity contribution in [1.82, 2.24) is 19.7 Å². The van der Waals surface area contributed by atoms with Crippen molar-refractivity contribution in [3.05, 3.63) is 90.4 Å². The molecule has 2 aromatic heterocycles. The average Bonchev–Trinajstić information content (AvgIpc) is 3.49. The summed E-state index contributed by atoms with van der Waals surface area (Å²) in [5, 5.41) is 11.2. The van der Waals surface area contributed by atoms with Crippen LogP contribution in [0.25, 0.3) is 5.69 Å². The molecule has 0 atom stereocenters. The number of anilines is 2. The second-order valence-corrected chi connectivity index (χ2v) is 27.7. The van der Waals surface area contributed by atoms with Crippen molar-refractivity contribution in [2.75, 3.05) is 36.9 Å². The Balaban J connectivity index is 1.47. The molecule has 0 aliphatic heterocycles. The van der Waals surface area contributed by atoms with E-state index in [1.165, 1.54) is 5.56 Å². The SMILES string of the molecule is CC(C)(C)c1cc(NC(=O)Nc2ccc(Oc3ccncc3)cc2)n(-c2ccc(CN(CCO[Si](C)(C)C(C)(C)C)CCO[Si](C)(C)C(C)(C)C)cc2)n1. The Kier molecular flexibility index (Phi) is 13.8. The van der Waals surface area contributed by atoms with Crippen molar-refractivity contribution in [1.29, 1.82) is 0 Å². The first kappa shape index (κ1) is 42.9. The molecule has 0 fully saturated rings. The molecule has 2 amide bonds. The van der Waals surface area contributed by atoms with Gasteiger partial charge in [0, 0.05) is 62.4 Å². The highest BCUT2D eigenvalue weighted by molar-refractivity contribution is 6.74. The second-order valence-electron chi connectivity index (χ2n) is 18.1. The number of hydrogen-bond acceptors (Lipinski definition) is 7. The number of nitrogens with one attached hydrogen (secondary N) is 2. The Morgan fingerprint density at radius 1 is 0.722 bits per heavy atom. The van der Waals surface area contributed by atoms with E-state index in [9.17, 15) is 4.79 Å². The molecule has 10 nitrogen and oxygen atoms in total. The number of benzene rings is 2. The van der Waals surface area contributed by atoms with Gasteiger partial charge in [-0.15, -0.1) is 0 Å². The van der Waals surface area contributed by atoms with E-state index in [2.05, 4.69) is 133 Å². The second kappa shape index (κ2) is 17.3. The van der Waals surface area contributed by atoms with Crippen LogP contribution in [0.2, 0.25) is 36.3 Å². The topological polar surface area (TPSA) is 103 Å². The molecular weight excluding hydrogens is 709 g/mol. The van der Waals surface area contributed by atoms with Crippen LogP contribution in [0.15, 0.2) is 79.1 Å². The molecule has 54 heavy (non-hydrogen) atoms. The number of urea groups is 1. The number of pyridine rings is 1. The van der Waals surface area contributed by atoms with Gasteiger partial charge >= 0.3 is 6.03 Å². The fourth-order valence-electron chi connectivity index (χ4n) is 5.02. The Morgan fingerprint density at radius 2 is 1.24 bits per heavy atom. The number of amides is 2. The summed E-state index contributed by atoms with van der Waals surface area (Å²) in [7, 11) is -3.73. The van der Waals surface area contributed by atoms with Crippen molar-refractivity contribution in [3.8, 4) is 17.2 Å². The fraction of sp³-hybridized carbons (Fsp3) is 0.500. The maximum Gasteiger partial charge on any atom is 0.324 e. The first-order valence-electron chi connectivity index (χ1n) is 19.0. The van der Waals surface area contributed by atoms with E-state index in [4.69, 9.17) is 18.7 Å². The summed E-state index contributed by atoms with van der Waals surface area (Å²) >= 11 is 0. The zero-order valence-electron chi connectivity index (χ0n) is 35.0. The minimum Gasteiger partial charge on any atom is -0.457 e. The highest BCUT2D eigenvalue weighted by Gasteiger charge is 2.38. The molecule has 2 heterocycles. The summed E-state index contributed by atoms with van der Waals surface area (Å²) in [6, 6.07) is 20.8. The van der Waals surface area contributed by atoms with E-state index in [1.807, 2.05) is 18.2 Å². The van der Waals surface area contributed by atoms with Crippen LogP contribution >= 0.6 is 0 Å². The van der Waals surface area contributed by atoms with Crippen molar-refractivity contribution >= 4 is 34.2 Å². The molecule has 2 aromatic carbocycles. The molecular formula is C42H64N6O4Si2. The average molecular weight is 773 g/mol. The van der Waals surface area contributed by atoms with Gasteiger partial charge in [0.25, 0.3) is 0 Å². The Bertz CT molecular complexity index is 1760. The molecule has 4 rings (SSSR count). The number of rotatable bonds is 15. The molecule has 4 aromatic rings. The highest BCUT2D eigenvalue weighted by Crippen LogP contribution is 2.37. The summed E-state index contributed by atoms with van der Waals surface area (Å²) in [4.78, 5) is 19.7. The van der Waals surface area contributed by atoms with Crippen LogP contribution in [0.1, 0.15) is 73.6 Å². The predicted octanol–water partition coefficient (Wildman–Crippen LogP) is 10.8. The Morgan fingerprint density at radius 3 is 1.74 bits per heavy atom. The van der Waals surface area contributed by atoms with E-state index >= 15 is 0 Å². The number of ether oxygens (including phenoxy) is 1. The van der Waals surface area contributed by atoms with Crippen LogP contribution in [0.4, 0.5) is 16.3 Å². The number of nitrogens with zero attached hydrogens (tertiary/aromatic N) is 4. The van der Waals surface area contributed by atoms with Gasteiger partial charge < -0.3 is 18.9 Å². The third-order valence-electron chi connectivity index (χ3n) is 10.7. The minimum absolute atomic E-state index is 0.162. The number of aromatic nitrogens is 3. The lowest BCUT2D eigenvalue weighted by Crippen LogP contribution is -2.44. The number of carbonyl (C=O) groups excluding carboxylic acids is 1. The zero-order chi connectivity index (χ0) is 40.0. The van der Waals surface area contributed by atoms with Gasteiger partial charge in [-0.1, -0.05) is 74.4 Å². The van der Waals surface area contributed by atoms with Crippen LogP contribution in [0.5, 0.6) is 11.5 Å². The lowest BCUT2D eigenvalue weighted by atomic mass is 9.92. The van der Waals surface area contributed by atoms with Crippen LogP contribution < -0.4 is 15.4 Å². The van der Waals surface area contributed by atoms with Crippen LogP contribution in [0.3, 0.4) is 0 Å². The summed E-state index contributed by atoms with van der Waals surface area (Å²) in [6.45, 7) is 33.1. The highest BCUT2D eigenvalue weighted by atomic mass is 28.4.